The summed E-state index contributed by atoms with van der Waals surface area (Å²) in [4.78, 5) is 0. The Kier molecular flexibility index (Phi) is 30.9. The molecule has 24 heavy (non-hydrogen) atoms. The molecule has 0 aliphatic heterocycles. The Bertz CT molecular complexity index is 188. The fourth-order valence-corrected chi connectivity index (χ4v) is 3.64. The second kappa shape index (κ2) is 26.7. The molecule has 0 atom stereocenters. The van der Waals surface area contributed by atoms with Gasteiger partial charge in [-0.3, -0.25) is 0 Å². The van der Waals surface area contributed by atoms with E-state index in [0.717, 1.165) is 32.5 Å². The first-order chi connectivity index (χ1) is 11.8. The first-order valence-electron chi connectivity index (χ1n) is 10.4. The third-order valence-electron chi connectivity index (χ3n) is 3.80. The number of hydrogen-bond acceptors (Lipinski definition) is 2. The van der Waals surface area contributed by atoms with E-state index in [-0.39, 0.29) is 6.29 Å². The molecule has 2 nitrogen and oxygen atoms in total. The van der Waals surface area contributed by atoms with Crippen LogP contribution < -0.4 is 0 Å². The van der Waals surface area contributed by atoms with Gasteiger partial charge in [-0.2, -0.15) is 0 Å². The molecule has 0 aromatic rings. The van der Waals surface area contributed by atoms with Crippen molar-refractivity contribution in [1.29, 1.82) is 0 Å². The summed E-state index contributed by atoms with van der Waals surface area (Å²) in [5.41, 5.74) is 0. The van der Waals surface area contributed by atoms with Gasteiger partial charge in [0.2, 0.25) is 0 Å². The summed E-state index contributed by atoms with van der Waals surface area (Å²) >= 11 is 2.82. The minimum absolute atomic E-state index is 0.0653. The van der Waals surface area contributed by atoms with Crippen molar-refractivity contribution < 1.29 is 9.47 Å². The number of ether oxygens (including phenoxy) is 2. The van der Waals surface area contributed by atoms with E-state index in [4.69, 9.17) is 9.47 Å². The zero-order valence-electron chi connectivity index (χ0n) is 16.9. The number of rotatable bonds is 17. The van der Waals surface area contributed by atoms with Gasteiger partial charge < -0.3 is 0 Å². The molecule has 0 spiro atoms. The maximum absolute atomic E-state index is 5.72. The Morgan fingerprint density at radius 3 is 1.50 bits per heavy atom. The van der Waals surface area contributed by atoms with E-state index in [1.165, 1.54) is 112 Å². The Hall–Kier alpha value is 1.52. The van der Waals surface area contributed by atoms with Crippen LogP contribution in [0, 0.1) is 0 Å². The van der Waals surface area contributed by atoms with Crippen molar-refractivity contribution in [2.75, 3.05) is 13.2 Å². The molecule has 0 unspecified atom stereocenters. The van der Waals surface area contributed by atoms with Crippen molar-refractivity contribution in [1.82, 2.24) is 0 Å². The van der Waals surface area contributed by atoms with E-state index in [1.807, 2.05) is 0 Å². The van der Waals surface area contributed by atoms with Gasteiger partial charge in [-0.1, -0.05) is 0 Å². The molecule has 0 rings (SSSR count). The van der Waals surface area contributed by atoms with E-state index in [9.17, 15) is 0 Å². The van der Waals surface area contributed by atoms with Crippen LogP contribution in [0.1, 0.15) is 97.8 Å². The fraction of sp³-hybridized carbons (Fsp3) is 1.00. The molecule has 0 heterocycles. The average molecular weight is 554 g/mol. The van der Waals surface area contributed by atoms with E-state index in [2.05, 4.69) is 20.8 Å². The van der Waals surface area contributed by atoms with Crippen LogP contribution in [-0.2, 0) is 9.47 Å². The molecule has 0 amide bonds. The van der Waals surface area contributed by atoms with Crippen molar-refractivity contribution in [3.8, 4) is 0 Å². The molecule has 0 aliphatic rings. The third-order valence-corrected chi connectivity index (χ3v) is 6.14. The van der Waals surface area contributed by atoms with E-state index < -0.39 is 0 Å². The molecule has 0 saturated carbocycles. The zero-order chi connectivity index (χ0) is 18.3. The maximum atomic E-state index is 5.72. The predicted molar refractivity (Wildman–Crippen MR) is 112 cm³/mol. The summed E-state index contributed by atoms with van der Waals surface area (Å²) in [6.45, 7) is 8.36. The molecule has 0 bridgehead atoms. The standard InChI is InChI=1S/C12H25O2.C8H17.2Sn.2H/c1-4-7-10-13-12(9-6-3)14-11-8-5-2;1-3-5-7-8-6-4-2;;;;/h12H,3-11H2,1-2H3;1,3-8H2,2H3;;;;. The van der Waals surface area contributed by atoms with Gasteiger partial charge in [0.15, 0.2) is 0 Å². The molecule has 0 saturated heterocycles. The second-order valence-corrected chi connectivity index (χ2v) is 9.66. The van der Waals surface area contributed by atoms with Crippen molar-refractivity contribution >= 4 is 45.0 Å². The fourth-order valence-electron chi connectivity index (χ4n) is 2.14. The summed E-state index contributed by atoms with van der Waals surface area (Å²) in [7, 11) is 0. The third kappa shape index (κ3) is 25.8. The van der Waals surface area contributed by atoms with Gasteiger partial charge in [-0.05, 0) is 0 Å². The second-order valence-electron chi connectivity index (χ2n) is 6.37. The summed E-state index contributed by atoms with van der Waals surface area (Å²) in [6.07, 6.45) is 15.8. The topological polar surface area (TPSA) is 18.5 Å². The van der Waals surface area contributed by atoms with Crippen molar-refractivity contribution in [2.45, 2.75) is 113 Å². The van der Waals surface area contributed by atoms with Crippen LogP contribution in [0.5, 0.6) is 0 Å². The minimum atomic E-state index is 0.0653. The van der Waals surface area contributed by atoms with Crippen LogP contribution in [0.25, 0.3) is 0 Å². The Labute approximate surface area is 179 Å². The Morgan fingerprint density at radius 1 is 0.583 bits per heavy atom. The Morgan fingerprint density at radius 2 is 1.04 bits per heavy atom. The van der Waals surface area contributed by atoms with E-state index >= 15 is 0 Å². The van der Waals surface area contributed by atoms with Gasteiger partial charge in [-0.15, -0.1) is 0 Å². The van der Waals surface area contributed by atoms with Crippen molar-refractivity contribution in [2.24, 2.45) is 0 Å². The Balaban J connectivity index is 0. The van der Waals surface area contributed by atoms with Crippen LogP contribution in [0.3, 0.4) is 0 Å². The first-order valence-corrected chi connectivity index (χ1v) is 15.1. The summed E-state index contributed by atoms with van der Waals surface area (Å²) in [6, 6.07) is 0. The van der Waals surface area contributed by atoms with Gasteiger partial charge in [0.25, 0.3) is 0 Å². The summed E-state index contributed by atoms with van der Waals surface area (Å²) in [5, 5.41) is 0. The van der Waals surface area contributed by atoms with Crippen molar-refractivity contribution in [3.05, 3.63) is 0 Å². The van der Waals surface area contributed by atoms with Gasteiger partial charge in [0.1, 0.15) is 0 Å². The van der Waals surface area contributed by atoms with Gasteiger partial charge in [0, 0.05) is 0 Å². The van der Waals surface area contributed by atoms with E-state index in [1.54, 1.807) is 0 Å². The molecule has 0 N–H and O–H groups in total. The van der Waals surface area contributed by atoms with Gasteiger partial charge >= 0.3 is 181 Å². The molecular weight excluding hydrogens is 510 g/mol. The first kappa shape index (κ1) is 27.7. The molecule has 4 heteroatoms. The van der Waals surface area contributed by atoms with E-state index in [0.29, 0.717) is 0 Å². The SMILES string of the molecule is CCCCCCC[CH2][SnH].CCCCOC(CC[CH2][SnH])OCCCC. The van der Waals surface area contributed by atoms with Crippen LogP contribution in [-0.4, -0.2) is 64.6 Å². The zero-order valence-corrected chi connectivity index (χ0v) is 23.5. The molecular formula is C20H44O2Sn2. The van der Waals surface area contributed by atoms with Crippen LogP contribution in [0.15, 0.2) is 0 Å². The normalized spacial score (nSPS) is 10.8. The van der Waals surface area contributed by atoms with Crippen LogP contribution >= 0.6 is 0 Å². The quantitative estimate of drug-likeness (QED) is 0.130. The summed E-state index contributed by atoms with van der Waals surface area (Å²) in [5.74, 6) is 0. The number of unbranched alkanes of at least 4 members (excludes halogenated alkanes) is 7. The molecule has 0 fully saturated rings. The molecule has 0 aromatic carbocycles. The molecule has 0 aromatic heterocycles. The van der Waals surface area contributed by atoms with Gasteiger partial charge in [-0.25, -0.2) is 0 Å². The molecule has 0 aliphatic carbocycles. The number of hydrogen-bond donors (Lipinski definition) is 0. The average Bonchev–Trinajstić information content (AvgIpc) is 2.60. The van der Waals surface area contributed by atoms with Crippen LogP contribution in [0.4, 0.5) is 0 Å². The monoisotopic (exact) mass is 556 g/mol. The summed E-state index contributed by atoms with van der Waals surface area (Å²) < 4.78 is 14.3. The van der Waals surface area contributed by atoms with Crippen molar-refractivity contribution in [3.63, 3.8) is 0 Å². The molecule has 144 valence electrons. The molecule has 4 radical (unpaired) electrons. The predicted octanol–water partition coefficient (Wildman–Crippen LogP) is 5.71. The van der Waals surface area contributed by atoms with Crippen LogP contribution in [0.2, 0.25) is 8.87 Å². The van der Waals surface area contributed by atoms with Gasteiger partial charge in [0.05, 0.1) is 0 Å².